The molecule has 1 heterocycles. The molecule has 0 aromatic heterocycles. The number of sulfonamides is 1. The fraction of sp³-hybridized carbons (Fsp3) is 0.375. The standard InChI is InChI=1S/C16H20N2O2S/c1-13-12-17(2)10-11-18(13)21(19,20)16-9-5-7-14-6-3-4-8-15(14)16/h3-9,13H,10-12H2,1-2H3. The maximum Gasteiger partial charge on any atom is 0.244 e. The molecule has 3 rings (SSSR count). The third-order valence-electron chi connectivity index (χ3n) is 4.11. The van der Waals surface area contributed by atoms with Crippen molar-refractivity contribution < 1.29 is 8.42 Å². The first-order valence-corrected chi connectivity index (χ1v) is 8.62. The first-order chi connectivity index (χ1) is 10.00. The van der Waals surface area contributed by atoms with Gasteiger partial charge in [-0.05, 0) is 25.4 Å². The molecule has 2 aromatic rings. The monoisotopic (exact) mass is 304 g/mol. The van der Waals surface area contributed by atoms with E-state index in [0.29, 0.717) is 11.4 Å². The number of hydrogen-bond acceptors (Lipinski definition) is 3. The summed E-state index contributed by atoms with van der Waals surface area (Å²) in [5.41, 5.74) is 0. The van der Waals surface area contributed by atoms with Crippen molar-refractivity contribution in [2.45, 2.75) is 17.9 Å². The fourth-order valence-corrected chi connectivity index (χ4v) is 4.86. The molecular weight excluding hydrogens is 284 g/mol. The van der Waals surface area contributed by atoms with Crippen molar-refractivity contribution in [2.75, 3.05) is 26.7 Å². The quantitative estimate of drug-likeness (QED) is 0.854. The van der Waals surface area contributed by atoms with Gasteiger partial charge in [-0.15, -0.1) is 0 Å². The summed E-state index contributed by atoms with van der Waals surface area (Å²) < 4.78 is 27.7. The Balaban J connectivity index is 2.09. The van der Waals surface area contributed by atoms with Gasteiger partial charge in [-0.1, -0.05) is 36.4 Å². The van der Waals surface area contributed by atoms with Gasteiger partial charge in [0, 0.05) is 31.1 Å². The number of fused-ring (bicyclic) bond motifs is 1. The van der Waals surface area contributed by atoms with Crippen LogP contribution in [0.4, 0.5) is 0 Å². The molecule has 1 aliphatic rings. The van der Waals surface area contributed by atoms with Crippen LogP contribution in [0.15, 0.2) is 47.4 Å². The molecule has 0 spiro atoms. The van der Waals surface area contributed by atoms with Gasteiger partial charge in [-0.25, -0.2) is 8.42 Å². The van der Waals surface area contributed by atoms with Crippen LogP contribution in [0.25, 0.3) is 10.8 Å². The third kappa shape index (κ3) is 2.57. The van der Waals surface area contributed by atoms with Gasteiger partial charge >= 0.3 is 0 Å². The van der Waals surface area contributed by atoms with Crippen LogP contribution in [0.2, 0.25) is 0 Å². The van der Waals surface area contributed by atoms with E-state index in [9.17, 15) is 8.42 Å². The van der Waals surface area contributed by atoms with Crippen LogP contribution in [0.5, 0.6) is 0 Å². The summed E-state index contributed by atoms with van der Waals surface area (Å²) in [5.74, 6) is 0. The van der Waals surface area contributed by atoms with E-state index in [1.165, 1.54) is 0 Å². The molecule has 112 valence electrons. The molecule has 2 aromatic carbocycles. The Morgan fingerprint density at radius 3 is 2.52 bits per heavy atom. The zero-order valence-corrected chi connectivity index (χ0v) is 13.2. The van der Waals surface area contributed by atoms with Crippen molar-refractivity contribution >= 4 is 20.8 Å². The molecule has 1 aliphatic heterocycles. The first kappa shape index (κ1) is 14.5. The molecule has 0 amide bonds. The number of piperazine rings is 1. The second-order valence-electron chi connectivity index (χ2n) is 5.70. The van der Waals surface area contributed by atoms with Gasteiger partial charge in [0.15, 0.2) is 0 Å². The van der Waals surface area contributed by atoms with Gasteiger partial charge in [0.25, 0.3) is 0 Å². The first-order valence-electron chi connectivity index (χ1n) is 7.18. The number of rotatable bonds is 2. The number of hydrogen-bond donors (Lipinski definition) is 0. The zero-order chi connectivity index (χ0) is 15.0. The molecule has 5 heteroatoms. The van der Waals surface area contributed by atoms with E-state index >= 15 is 0 Å². The van der Waals surface area contributed by atoms with E-state index in [4.69, 9.17) is 0 Å². The minimum Gasteiger partial charge on any atom is -0.303 e. The Kier molecular flexibility index (Phi) is 3.73. The highest BCUT2D eigenvalue weighted by atomic mass is 32.2. The minimum absolute atomic E-state index is 0.00674. The molecule has 0 bridgehead atoms. The molecule has 1 unspecified atom stereocenters. The maximum absolute atomic E-state index is 13.0. The third-order valence-corrected chi connectivity index (χ3v) is 6.18. The summed E-state index contributed by atoms with van der Waals surface area (Å²) in [7, 11) is -1.43. The van der Waals surface area contributed by atoms with Crippen LogP contribution in [0.3, 0.4) is 0 Å². The highest BCUT2D eigenvalue weighted by Gasteiger charge is 2.33. The van der Waals surface area contributed by atoms with Gasteiger partial charge in [0.2, 0.25) is 10.0 Å². The lowest BCUT2D eigenvalue weighted by Gasteiger charge is -2.37. The molecule has 1 saturated heterocycles. The SMILES string of the molecule is CC1CN(C)CCN1S(=O)(=O)c1cccc2ccccc12. The summed E-state index contributed by atoms with van der Waals surface area (Å²) in [6, 6.07) is 13.1. The topological polar surface area (TPSA) is 40.6 Å². The Hall–Kier alpha value is -1.43. The van der Waals surface area contributed by atoms with Crippen molar-refractivity contribution in [1.29, 1.82) is 0 Å². The molecule has 1 fully saturated rings. The van der Waals surface area contributed by atoms with Gasteiger partial charge in [0.1, 0.15) is 0 Å². The predicted octanol–water partition coefficient (Wildman–Crippen LogP) is 2.16. The Morgan fingerprint density at radius 1 is 1.05 bits per heavy atom. The summed E-state index contributed by atoms with van der Waals surface area (Å²) in [6.45, 7) is 4.06. The molecule has 1 atom stereocenters. The molecular formula is C16H20N2O2S. The number of likely N-dealkylation sites (N-methyl/N-ethyl adjacent to an activating group) is 1. The second kappa shape index (κ2) is 5.40. The van der Waals surface area contributed by atoms with E-state index < -0.39 is 10.0 Å². The van der Waals surface area contributed by atoms with Gasteiger partial charge in [0.05, 0.1) is 4.90 Å². The van der Waals surface area contributed by atoms with Crippen molar-refractivity contribution in [1.82, 2.24) is 9.21 Å². The summed E-state index contributed by atoms with van der Waals surface area (Å²) in [6.07, 6.45) is 0. The fourth-order valence-electron chi connectivity index (χ4n) is 3.03. The summed E-state index contributed by atoms with van der Waals surface area (Å²) in [4.78, 5) is 2.58. The normalized spacial score (nSPS) is 21.7. The van der Waals surface area contributed by atoms with Gasteiger partial charge < -0.3 is 4.90 Å². The van der Waals surface area contributed by atoms with Crippen molar-refractivity contribution in [3.63, 3.8) is 0 Å². The van der Waals surface area contributed by atoms with Crippen molar-refractivity contribution in [3.05, 3.63) is 42.5 Å². The smallest absolute Gasteiger partial charge is 0.244 e. The average molecular weight is 304 g/mol. The predicted molar refractivity (Wildman–Crippen MR) is 84.8 cm³/mol. The molecule has 0 radical (unpaired) electrons. The van der Waals surface area contributed by atoms with E-state index in [-0.39, 0.29) is 6.04 Å². The van der Waals surface area contributed by atoms with Crippen LogP contribution in [-0.2, 0) is 10.0 Å². The Bertz CT molecular complexity index is 752. The highest BCUT2D eigenvalue weighted by Crippen LogP contribution is 2.27. The lowest BCUT2D eigenvalue weighted by Crippen LogP contribution is -2.52. The van der Waals surface area contributed by atoms with Crippen molar-refractivity contribution in [2.24, 2.45) is 0 Å². The second-order valence-corrected chi connectivity index (χ2v) is 7.56. The molecule has 21 heavy (non-hydrogen) atoms. The van der Waals surface area contributed by atoms with Crippen LogP contribution in [0.1, 0.15) is 6.92 Å². The van der Waals surface area contributed by atoms with Crippen LogP contribution < -0.4 is 0 Å². The number of nitrogens with zero attached hydrogens (tertiary/aromatic N) is 2. The molecule has 4 nitrogen and oxygen atoms in total. The lowest BCUT2D eigenvalue weighted by atomic mass is 10.1. The molecule has 0 N–H and O–H groups in total. The molecule has 0 saturated carbocycles. The summed E-state index contributed by atoms with van der Waals surface area (Å²) in [5, 5.41) is 1.76. The Labute approximate surface area is 126 Å². The average Bonchev–Trinajstić information content (AvgIpc) is 2.46. The number of benzene rings is 2. The maximum atomic E-state index is 13.0. The van der Waals surface area contributed by atoms with Crippen LogP contribution in [0, 0.1) is 0 Å². The van der Waals surface area contributed by atoms with E-state index in [1.54, 1.807) is 10.4 Å². The van der Waals surface area contributed by atoms with E-state index in [2.05, 4.69) is 4.90 Å². The molecule has 0 aliphatic carbocycles. The van der Waals surface area contributed by atoms with Gasteiger partial charge in [-0.2, -0.15) is 4.31 Å². The zero-order valence-electron chi connectivity index (χ0n) is 12.4. The Morgan fingerprint density at radius 2 is 1.76 bits per heavy atom. The van der Waals surface area contributed by atoms with Gasteiger partial charge in [-0.3, -0.25) is 0 Å². The largest absolute Gasteiger partial charge is 0.303 e. The van der Waals surface area contributed by atoms with Crippen LogP contribution >= 0.6 is 0 Å². The minimum atomic E-state index is -3.45. The lowest BCUT2D eigenvalue weighted by molar-refractivity contribution is 0.170. The van der Waals surface area contributed by atoms with Crippen molar-refractivity contribution in [3.8, 4) is 0 Å². The summed E-state index contributed by atoms with van der Waals surface area (Å²) >= 11 is 0. The van der Waals surface area contributed by atoms with E-state index in [0.717, 1.165) is 23.9 Å². The van der Waals surface area contributed by atoms with E-state index in [1.807, 2.05) is 50.4 Å². The highest BCUT2D eigenvalue weighted by molar-refractivity contribution is 7.89. The van der Waals surface area contributed by atoms with Crippen LogP contribution in [-0.4, -0.2) is 50.3 Å².